The van der Waals surface area contributed by atoms with Gasteiger partial charge in [0.15, 0.2) is 0 Å². The maximum absolute atomic E-state index is 11.4. The topological polar surface area (TPSA) is 58.7 Å². The lowest BCUT2D eigenvalue weighted by molar-refractivity contribution is 0.360. The second-order valence-corrected chi connectivity index (χ2v) is 5.86. The summed E-state index contributed by atoms with van der Waals surface area (Å²) >= 11 is 0. The first-order valence-electron chi connectivity index (χ1n) is 4.25. The normalized spacial score (nSPS) is 23.8. The van der Waals surface area contributed by atoms with E-state index in [0.29, 0.717) is 5.75 Å². The first-order valence-corrected chi connectivity index (χ1v) is 6.35. The minimum atomic E-state index is -2.10. The van der Waals surface area contributed by atoms with Gasteiger partial charge in [-0.15, -0.1) is 0 Å². The Morgan fingerprint density at radius 1 is 1.50 bits per heavy atom. The van der Waals surface area contributed by atoms with Crippen molar-refractivity contribution in [3.05, 3.63) is 0 Å². The van der Waals surface area contributed by atoms with Gasteiger partial charge in [0.25, 0.3) is 0 Å². The molecule has 0 aromatic carbocycles. The monoisotopic (exact) mass is 191 g/mol. The van der Waals surface area contributed by atoms with Gasteiger partial charge in [-0.3, -0.25) is 0 Å². The van der Waals surface area contributed by atoms with Gasteiger partial charge in [-0.05, 0) is 25.9 Å². The summed E-state index contributed by atoms with van der Waals surface area (Å²) in [7, 11) is -2.10. The number of nitrogens with two attached hydrogens (primary N) is 1. The molecular weight excluding hydrogens is 174 g/mol. The molecule has 0 spiro atoms. The molecule has 1 fully saturated rings. The molecule has 1 heterocycles. The Kier molecular flexibility index (Phi) is 3.49. The molecule has 0 aliphatic carbocycles. The van der Waals surface area contributed by atoms with Crippen molar-refractivity contribution in [1.82, 2.24) is 4.90 Å². The summed E-state index contributed by atoms with van der Waals surface area (Å²) in [6.07, 6.45) is 4.15. The standard InChI is InChI=1S/C7H17N3OS/c1-12(11,9-8)7-6-10-4-2-3-5-10/h2-8H2,1H3. The van der Waals surface area contributed by atoms with Crippen molar-refractivity contribution < 1.29 is 4.21 Å². The predicted molar refractivity (Wildman–Crippen MR) is 51.2 cm³/mol. The van der Waals surface area contributed by atoms with Crippen LogP contribution in [0.2, 0.25) is 0 Å². The molecule has 0 radical (unpaired) electrons. The van der Waals surface area contributed by atoms with Crippen molar-refractivity contribution in [3.8, 4) is 0 Å². The molecule has 0 bridgehead atoms. The van der Waals surface area contributed by atoms with Crippen molar-refractivity contribution in [2.75, 3.05) is 31.6 Å². The summed E-state index contributed by atoms with van der Waals surface area (Å²) < 4.78 is 14.8. The Balaban J connectivity index is 2.30. The molecule has 72 valence electrons. The van der Waals surface area contributed by atoms with Gasteiger partial charge >= 0.3 is 0 Å². The molecule has 1 saturated heterocycles. The van der Waals surface area contributed by atoms with E-state index in [2.05, 4.69) is 9.37 Å². The molecule has 5 heteroatoms. The minimum Gasteiger partial charge on any atom is -0.302 e. The van der Waals surface area contributed by atoms with E-state index in [1.165, 1.54) is 12.8 Å². The second-order valence-electron chi connectivity index (χ2n) is 3.32. The average Bonchev–Trinajstić information content (AvgIpc) is 2.53. The third-order valence-corrected chi connectivity index (χ3v) is 3.59. The molecular formula is C7H17N3OS. The third kappa shape index (κ3) is 3.08. The fourth-order valence-corrected chi connectivity index (χ4v) is 2.06. The number of rotatable bonds is 3. The summed E-state index contributed by atoms with van der Waals surface area (Å²) in [6, 6.07) is 0. The Labute approximate surface area is 74.3 Å². The van der Waals surface area contributed by atoms with Crippen LogP contribution in [0.4, 0.5) is 0 Å². The van der Waals surface area contributed by atoms with Gasteiger partial charge in [0.05, 0.1) is 9.73 Å². The summed E-state index contributed by atoms with van der Waals surface area (Å²) in [6.45, 7) is 3.15. The van der Waals surface area contributed by atoms with Crippen LogP contribution >= 0.6 is 0 Å². The zero-order valence-corrected chi connectivity index (χ0v) is 8.35. The van der Waals surface area contributed by atoms with E-state index in [4.69, 9.17) is 5.84 Å². The molecule has 0 aromatic rings. The zero-order valence-electron chi connectivity index (χ0n) is 7.53. The average molecular weight is 191 g/mol. The van der Waals surface area contributed by atoms with Crippen molar-refractivity contribution in [2.45, 2.75) is 12.8 Å². The molecule has 2 N–H and O–H groups in total. The zero-order chi connectivity index (χ0) is 9.03. The van der Waals surface area contributed by atoms with Crippen LogP contribution in [0.3, 0.4) is 0 Å². The maximum Gasteiger partial charge on any atom is 0.0618 e. The largest absolute Gasteiger partial charge is 0.302 e. The van der Waals surface area contributed by atoms with Gasteiger partial charge in [0.1, 0.15) is 0 Å². The highest BCUT2D eigenvalue weighted by molar-refractivity contribution is 7.92. The van der Waals surface area contributed by atoms with Crippen LogP contribution in [-0.4, -0.2) is 40.8 Å². The Morgan fingerprint density at radius 2 is 2.08 bits per heavy atom. The molecule has 12 heavy (non-hydrogen) atoms. The summed E-state index contributed by atoms with van der Waals surface area (Å²) in [4.78, 5) is 2.31. The van der Waals surface area contributed by atoms with Gasteiger partial charge in [0, 0.05) is 18.6 Å². The van der Waals surface area contributed by atoms with Crippen LogP contribution in [0.15, 0.2) is 4.47 Å². The lowest BCUT2D eigenvalue weighted by Gasteiger charge is -2.13. The SMILES string of the molecule is CS(=O)(CCN1CCCC1)=NN. The van der Waals surface area contributed by atoms with Crippen LogP contribution in [0.25, 0.3) is 0 Å². The van der Waals surface area contributed by atoms with Crippen molar-refractivity contribution in [1.29, 1.82) is 0 Å². The second kappa shape index (κ2) is 4.20. The Hall–Kier alpha value is -0.130. The van der Waals surface area contributed by atoms with E-state index in [1.807, 2.05) is 0 Å². The van der Waals surface area contributed by atoms with Gasteiger partial charge in [-0.25, -0.2) is 10.1 Å². The summed E-state index contributed by atoms with van der Waals surface area (Å²) in [5.41, 5.74) is 0. The van der Waals surface area contributed by atoms with Crippen LogP contribution in [0, 0.1) is 0 Å². The molecule has 1 unspecified atom stereocenters. The molecule has 1 atom stereocenters. The third-order valence-electron chi connectivity index (χ3n) is 2.21. The molecule has 1 aliphatic rings. The van der Waals surface area contributed by atoms with Crippen LogP contribution in [0.5, 0.6) is 0 Å². The van der Waals surface area contributed by atoms with Gasteiger partial charge in [0.2, 0.25) is 0 Å². The number of nitrogens with zero attached hydrogens (tertiary/aromatic N) is 2. The molecule has 0 aromatic heterocycles. The molecule has 0 saturated carbocycles. The molecule has 1 aliphatic heterocycles. The Bertz CT molecular complexity index is 239. The summed E-state index contributed by atoms with van der Waals surface area (Å²) in [5, 5.41) is 0. The first kappa shape index (κ1) is 9.95. The van der Waals surface area contributed by atoms with Crippen LogP contribution in [0.1, 0.15) is 12.8 Å². The predicted octanol–water partition coefficient (Wildman–Crippen LogP) is 0.0537. The van der Waals surface area contributed by atoms with E-state index >= 15 is 0 Å². The fourth-order valence-electron chi connectivity index (χ4n) is 1.36. The van der Waals surface area contributed by atoms with E-state index in [9.17, 15) is 4.21 Å². The number of hydrogen-bond donors (Lipinski definition) is 1. The van der Waals surface area contributed by atoms with Crippen molar-refractivity contribution in [3.63, 3.8) is 0 Å². The quantitative estimate of drug-likeness (QED) is 0.506. The summed E-state index contributed by atoms with van der Waals surface area (Å²) in [5.74, 6) is 5.62. The van der Waals surface area contributed by atoms with Crippen molar-refractivity contribution >= 4 is 9.73 Å². The van der Waals surface area contributed by atoms with Crippen LogP contribution in [-0.2, 0) is 9.73 Å². The van der Waals surface area contributed by atoms with Gasteiger partial charge < -0.3 is 4.90 Å². The van der Waals surface area contributed by atoms with E-state index in [-0.39, 0.29) is 0 Å². The molecule has 0 amide bonds. The molecule has 4 nitrogen and oxygen atoms in total. The highest BCUT2D eigenvalue weighted by atomic mass is 32.2. The van der Waals surface area contributed by atoms with E-state index < -0.39 is 9.73 Å². The van der Waals surface area contributed by atoms with Gasteiger partial charge in [-0.2, -0.15) is 4.47 Å². The number of likely N-dealkylation sites (tertiary alicyclic amines) is 1. The van der Waals surface area contributed by atoms with E-state index in [1.54, 1.807) is 6.26 Å². The maximum atomic E-state index is 11.4. The minimum absolute atomic E-state index is 0.601. The smallest absolute Gasteiger partial charge is 0.0618 e. The molecule has 1 rings (SSSR count). The number of hydrogen-bond acceptors (Lipinski definition) is 3. The highest BCUT2D eigenvalue weighted by Gasteiger charge is 2.12. The lowest BCUT2D eigenvalue weighted by atomic mass is 10.4. The van der Waals surface area contributed by atoms with Crippen LogP contribution < -0.4 is 5.84 Å². The fraction of sp³-hybridized carbons (Fsp3) is 1.00. The Morgan fingerprint density at radius 3 is 2.58 bits per heavy atom. The van der Waals surface area contributed by atoms with Gasteiger partial charge in [-0.1, -0.05) is 0 Å². The van der Waals surface area contributed by atoms with Crippen molar-refractivity contribution in [2.24, 2.45) is 10.3 Å². The van der Waals surface area contributed by atoms with E-state index in [0.717, 1.165) is 19.6 Å². The first-order chi connectivity index (χ1) is 5.64. The highest BCUT2D eigenvalue weighted by Crippen LogP contribution is 2.06. The lowest BCUT2D eigenvalue weighted by Crippen LogP contribution is -2.26.